The van der Waals surface area contributed by atoms with E-state index in [-0.39, 0.29) is 30.2 Å². The van der Waals surface area contributed by atoms with E-state index in [1.807, 2.05) is 6.07 Å². The first-order valence-corrected chi connectivity index (χ1v) is 7.41. The van der Waals surface area contributed by atoms with Crippen LogP contribution in [-0.2, 0) is 6.54 Å². The quantitative estimate of drug-likeness (QED) is 0.861. The third-order valence-electron chi connectivity index (χ3n) is 4.03. The Hall–Kier alpha value is -3.11. The molecule has 0 amide bonds. The monoisotopic (exact) mass is 324 g/mol. The molecule has 0 fully saturated rings. The molecule has 0 spiro atoms. The summed E-state index contributed by atoms with van der Waals surface area (Å²) in [6, 6.07) is 7.25. The molecule has 1 atom stereocenters. The van der Waals surface area contributed by atoms with Gasteiger partial charge in [0.2, 0.25) is 5.88 Å². The molecule has 2 aromatic heterocycles. The highest BCUT2D eigenvalue weighted by Crippen LogP contribution is 2.40. The van der Waals surface area contributed by atoms with Crippen molar-refractivity contribution in [3.05, 3.63) is 69.2 Å². The molecule has 122 valence electrons. The first-order chi connectivity index (χ1) is 11.6. The molecule has 3 heterocycles. The van der Waals surface area contributed by atoms with Crippen LogP contribution in [0.5, 0.6) is 5.75 Å². The molecule has 24 heavy (non-hydrogen) atoms. The summed E-state index contributed by atoms with van der Waals surface area (Å²) in [5.74, 6) is -0.333. The Kier molecular flexibility index (Phi) is 4.06. The number of aliphatic hydroxyl groups excluding tert-OH is 1. The number of aryl methyl sites for hydroxylation is 1. The Labute approximate surface area is 138 Å². The van der Waals surface area contributed by atoms with Gasteiger partial charge in [-0.25, -0.2) is 0 Å². The minimum absolute atomic E-state index is 0.0161. The van der Waals surface area contributed by atoms with Gasteiger partial charge in [0.05, 0.1) is 18.1 Å². The number of allylic oxidation sites excluding steroid dienone is 1. The van der Waals surface area contributed by atoms with Gasteiger partial charge in [0.15, 0.2) is 0 Å². The number of rotatable bonds is 3. The molecule has 0 saturated heterocycles. The Morgan fingerprint density at radius 3 is 2.96 bits per heavy atom. The summed E-state index contributed by atoms with van der Waals surface area (Å²) < 4.78 is 6.98. The maximum absolute atomic E-state index is 13.0. The number of nitriles is 1. The topological polar surface area (TPSA) is 114 Å². The molecule has 1 aliphatic heterocycles. The van der Waals surface area contributed by atoms with Crippen LogP contribution in [0.3, 0.4) is 0 Å². The largest absolute Gasteiger partial charge is 0.440 e. The van der Waals surface area contributed by atoms with Crippen molar-refractivity contribution in [3.63, 3.8) is 0 Å². The van der Waals surface area contributed by atoms with Crippen LogP contribution >= 0.6 is 0 Å². The van der Waals surface area contributed by atoms with Crippen LogP contribution < -0.4 is 16.0 Å². The van der Waals surface area contributed by atoms with Gasteiger partial charge in [0.25, 0.3) is 5.56 Å². The second-order valence-electron chi connectivity index (χ2n) is 5.46. The van der Waals surface area contributed by atoms with Gasteiger partial charge in [-0.05, 0) is 18.6 Å². The standard InChI is InChI=1S/C17H16N4O3/c1-10-7-13-15(17(23)21(10)5-6-22)14(11-3-2-4-20-9-11)12(8-18)16(19)24-13/h2-4,7,9,14,22H,5-6,19H2,1H3/t14-/m0/s1. The van der Waals surface area contributed by atoms with Crippen molar-refractivity contribution in [3.8, 4) is 11.8 Å². The van der Waals surface area contributed by atoms with Gasteiger partial charge in [0, 0.05) is 30.7 Å². The fraction of sp³-hybridized carbons (Fsp3) is 0.235. The fourth-order valence-corrected chi connectivity index (χ4v) is 2.94. The number of fused-ring (bicyclic) bond motifs is 1. The SMILES string of the molecule is Cc1cc2c(c(=O)n1CCO)[C@@H](c1cccnc1)C(C#N)=C(N)O2. The predicted octanol–water partition coefficient (Wildman–Crippen LogP) is 0.762. The Bertz CT molecular complexity index is 910. The van der Waals surface area contributed by atoms with Crippen LogP contribution in [0.15, 0.2) is 46.8 Å². The number of hydrogen-bond donors (Lipinski definition) is 2. The zero-order valence-electron chi connectivity index (χ0n) is 13.1. The molecule has 0 bridgehead atoms. The zero-order chi connectivity index (χ0) is 17.3. The van der Waals surface area contributed by atoms with E-state index in [1.54, 1.807) is 37.5 Å². The molecule has 0 aromatic carbocycles. The Morgan fingerprint density at radius 1 is 1.54 bits per heavy atom. The van der Waals surface area contributed by atoms with Crippen LogP contribution in [0.1, 0.15) is 22.7 Å². The third kappa shape index (κ3) is 2.43. The summed E-state index contributed by atoms with van der Waals surface area (Å²) in [6.07, 6.45) is 3.21. The lowest BCUT2D eigenvalue weighted by Crippen LogP contribution is -2.33. The minimum Gasteiger partial charge on any atom is -0.440 e. The zero-order valence-corrected chi connectivity index (χ0v) is 13.1. The van der Waals surface area contributed by atoms with Crippen molar-refractivity contribution in [1.82, 2.24) is 9.55 Å². The maximum atomic E-state index is 13.0. The van der Waals surface area contributed by atoms with Crippen LogP contribution in [0.2, 0.25) is 0 Å². The molecular weight excluding hydrogens is 308 g/mol. The minimum atomic E-state index is -0.648. The lowest BCUT2D eigenvalue weighted by atomic mass is 9.85. The molecule has 7 heteroatoms. The lowest BCUT2D eigenvalue weighted by Gasteiger charge is -2.27. The van der Waals surface area contributed by atoms with Gasteiger partial charge in [0.1, 0.15) is 17.4 Å². The van der Waals surface area contributed by atoms with Crippen molar-refractivity contribution in [2.75, 3.05) is 6.61 Å². The second kappa shape index (κ2) is 6.18. The van der Waals surface area contributed by atoms with E-state index < -0.39 is 5.92 Å². The molecule has 3 rings (SSSR count). The predicted molar refractivity (Wildman–Crippen MR) is 86.1 cm³/mol. The van der Waals surface area contributed by atoms with Crippen molar-refractivity contribution < 1.29 is 9.84 Å². The molecule has 0 aliphatic carbocycles. The van der Waals surface area contributed by atoms with Crippen molar-refractivity contribution in [2.45, 2.75) is 19.4 Å². The summed E-state index contributed by atoms with van der Waals surface area (Å²) in [4.78, 5) is 17.0. The summed E-state index contributed by atoms with van der Waals surface area (Å²) in [5, 5.41) is 18.7. The van der Waals surface area contributed by atoms with Crippen molar-refractivity contribution in [1.29, 1.82) is 5.26 Å². The second-order valence-corrected chi connectivity index (χ2v) is 5.46. The van der Waals surface area contributed by atoms with Gasteiger partial charge in [-0.1, -0.05) is 6.07 Å². The summed E-state index contributed by atoms with van der Waals surface area (Å²) >= 11 is 0. The van der Waals surface area contributed by atoms with Gasteiger partial charge < -0.3 is 20.1 Å². The van der Waals surface area contributed by atoms with E-state index in [4.69, 9.17) is 10.5 Å². The van der Waals surface area contributed by atoms with Crippen LogP contribution in [-0.4, -0.2) is 21.3 Å². The number of ether oxygens (including phenoxy) is 1. The summed E-state index contributed by atoms with van der Waals surface area (Å²) in [5.41, 5.74) is 7.41. The summed E-state index contributed by atoms with van der Waals surface area (Å²) in [6.45, 7) is 1.75. The molecule has 7 nitrogen and oxygen atoms in total. The Morgan fingerprint density at radius 2 is 2.33 bits per heavy atom. The van der Waals surface area contributed by atoms with Gasteiger partial charge in [-0.15, -0.1) is 0 Å². The smallest absolute Gasteiger partial charge is 0.258 e. The highest BCUT2D eigenvalue weighted by Gasteiger charge is 2.34. The van der Waals surface area contributed by atoms with Crippen molar-refractivity contribution >= 4 is 0 Å². The van der Waals surface area contributed by atoms with Gasteiger partial charge in [-0.2, -0.15) is 5.26 Å². The van der Waals surface area contributed by atoms with Crippen LogP contribution in [0.4, 0.5) is 0 Å². The van der Waals surface area contributed by atoms with Gasteiger partial charge in [-0.3, -0.25) is 9.78 Å². The third-order valence-corrected chi connectivity index (χ3v) is 4.03. The van der Waals surface area contributed by atoms with E-state index in [9.17, 15) is 15.2 Å². The van der Waals surface area contributed by atoms with Crippen LogP contribution in [0, 0.1) is 18.3 Å². The summed E-state index contributed by atoms with van der Waals surface area (Å²) in [7, 11) is 0. The normalized spacial score (nSPS) is 16.3. The number of nitrogens with two attached hydrogens (primary N) is 1. The van der Waals surface area contributed by atoms with Crippen LogP contribution in [0.25, 0.3) is 0 Å². The lowest BCUT2D eigenvalue weighted by molar-refractivity contribution is 0.272. The first-order valence-electron chi connectivity index (χ1n) is 7.41. The van der Waals surface area contributed by atoms with E-state index in [0.717, 1.165) is 0 Å². The average molecular weight is 324 g/mol. The number of pyridine rings is 2. The van der Waals surface area contributed by atoms with E-state index >= 15 is 0 Å². The highest BCUT2D eigenvalue weighted by molar-refractivity contribution is 5.54. The Balaban J connectivity index is 2.32. The molecule has 2 aromatic rings. The molecule has 0 saturated carbocycles. The molecule has 3 N–H and O–H groups in total. The number of aromatic nitrogens is 2. The average Bonchev–Trinajstić information content (AvgIpc) is 2.58. The molecule has 1 aliphatic rings. The van der Waals surface area contributed by atoms with Gasteiger partial charge >= 0.3 is 0 Å². The molecular formula is C17H16N4O3. The number of hydrogen-bond acceptors (Lipinski definition) is 6. The first kappa shape index (κ1) is 15.8. The molecule has 0 unspecified atom stereocenters. The van der Waals surface area contributed by atoms with E-state index in [2.05, 4.69) is 4.98 Å². The molecule has 0 radical (unpaired) electrons. The fourth-order valence-electron chi connectivity index (χ4n) is 2.94. The van der Waals surface area contributed by atoms with E-state index in [0.29, 0.717) is 22.6 Å². The maximum Gasteiger partial charge on any atom is 0.258 e. The number of aliphatic hydroxyl groups is 1. The van der Waals surface area contributed by atoms with E-state index in [1.165, 1.54) is 4.57 Å². The van der Waals surface area contributed by atoms with Crippen molar-refractivity contribution in [2.24, 2.45) is 5.73 Å². The highest BCUT2D eigenvalue weighted by atomic mass is 16.5. The number of nitrogens with zero attached hydrogens (tertiary/aromatic N) is 3.